The molecule has 0 aromatic heterocycles. The van der Waals surface area contributed by atoms with Crippen LogP contribution in [-0.2, 0) is 4.79 Å². The molecule has 1 aliphatic heterocycles. The smallest absolute Gasteiger partial charge is 0.241 e. The third-order valence-corrected chi connectivity index (χ3v) is 4.93. The Morgan fingerprint density at radius 1 is 1.04 bits per heavy atom. The van der Waals surface area contributed by atoms with Gasteiger partial charge in [0.25, 0.3) is 0 Å². The normalized spacial score (nSPS) is 16.4. The summed E-state index contributed by atoms with van der Waals surface area (Å²) in [7, 11) is 0. The van der Waals surface area contributed by atoms with E-state index in [9.17, 15) is 13.6 Å². The second kappa shape index (κ2) is 8.01. The van der Waals surface area contributed by atoms with Gasteiger partial charge in [0, 0.05) is 31.9 Å². The molecule has 1 fully saturated rings. The van der Waals surface area contributed by atoms with Gasteiger partial charge in [-0.2, -0.15) is 0 Å². The standard InChI is InChI=1S/C19H20ClF2N3O/c1-13(19(26)23-18-7-4-15(22)12-17(18)20)24-8-10-25(11-9-24)16-5-2-14(21)3-6-16/h2-7,12-13H,8-11H2,1H3,(H,23,26)/t13-/m0/s1. The number of benzene rings is 2. The first-order valence-corrected chi connectivity index (χ1v) is 8.82. The topological polar surface area (TPSA) is 35.6 Å². The van der Waals surface area contributed by atoms with Crippen molar-refractivity contribution in [2.24, 2.45) is 0 Å². The Balaban J connectivity index is 1.56. The van der Waals surface area contributed by atoms with Gasteiger partial charge in [-0.3, -0.25) is 9.69 Å². The third kappa shape index (κ3) is 4.31. The van der Waals surface area contributed by atoms with Crippen LogP contribution in [0.1, 0.15) is 6.92 Å². The van der Waals surface area contributed by atoms with Crippen LogP contribution in [0.25, 0.3) is 0 Å². The fourth-order valence-electron chi connectivity index (χ4n) is 3.01. The number of anilines is 2. The van der Waals surface area contributed by atoms with E-state index in [1.807, 2.05) is 6.92 Å². The molecule has 1 amide bonds. The fraction of sp³-hybridized carbons (Fsp3) is 0.316. The zero-order valence-corrected chi connectivity index (χ0v) is 15.1. The molecule has 0 bridgehead atoms. The number of hydrogen-bond acceptors (Lipinski definition) is 3. The lowest BCUT2D eigenvalue weighted by Crippen LogP contribution is -2.52. The number of carbonyl (C=O) groups is 1. The van der Waals surface area contributed by atoms with Gasteiger partial charge >= 0.3 is 0 Å². The maximum Gasteiger partial charge on any atom is 0.241 e. The van der Waals surface area contributed by atoms with Crippen molar-refractivity contribution >= 4 is 28.9 Å². The summed E-state index contributed by atoms with van der Waals surface area (Å²) in [6, 6.07) is 9.96. The van der Waals surface area contributed by atoms with E-state index < -0.39 is 5.82 Å². The molecule has 3 rings (SSSR count). The van der Waals surface area contributed by atoms with E-state index in [0.717, 1.165) is 18.8 Å². The van der Waals surface area contributed by atoms with E-state index in [4.69, 9.17) is 11.6 Å². The number of rotatable bonds is 4. The molecule has 1 N–H and O–H groups in total. The molecule has 2 aromatic rings. The summed E-state index contributed by atoms with van der Waals surface area (Å²) in [5.41, 5.74) is 1.37. The van der Waals surface area contributed by atoms with E-state index in [-0.39, 0.29) is 22.8 Å². The molecule has 138 valence electrons. The van der Waals surface area contributed by atoms with Gasteiger partial charge in [-0.05, 0) is 49.4 Å². The Bertz CT molecular complexity index is 777. The van der Waals surface area contributed by atoms with Crippen molar-refractivity contribution in [2.45, 2.75) is 13.0 Å². The highest BCUT2D eigenvalue weighted by Gasteiger charge is 2.26. The van der Waals surface area contributed by atoms with E-state index in [1.165, 1.54) is 30.3 Å². The van der Waals surface area contributed by atoms with Crippen LogP contribution >= 0.6 is 11.6 Å². The minimum Gasteiger partial charge on any atom is -0.369 e. The number of halogens is 3. The molecule has 1 atom stereocenters. The number of hydrogen-bond donors (Lipinski definition) is 1. The van der Waals surface area contributed by atoms with E-state index >= 15 is 0 Å². The first-order chi connectivity index (χ1) is 12.4. The number of nitrogens with zero attached hydrogens (tertiary/aromatic N) is 2. The monoisotopic (exact) mass is 379 g/mol. The van der Waals surface area contributed by atoms with Crippen LogP contribution in [-0.4, -0.2) is 43.0 Å². The average Bonchev–Trinajstić information content (AvgIpc) is 2.64. The number of amides is 1. The molecule has 0 unspecified atom stereocenters. The molecule has 0 aliphatic carbocycles. The quantitative estimate of drug-likeness (QED) is 0.878. The minimum absolute atomic E-state index is 0.173. The van der Waals surface area contributed by atoms with Crippen molar-refractivity contribution < 1.29 is 13.6 Å². The summed E-state index contributed by atoms with van der Waals surface area (Å²) in [6.45, 7) is 4.76. The van der Waals surface area contributed by atoms with E-state index in [0.29, 0.717) is 18.8 Å². The molecule has 2 aromatic carbocycles. The van der Waals surface area contributed by atoms with Gasteiger partial charge < -0.3 is 10.2 Å². The molecule has 0 saturated carbocycles. The van der Waals surface area contributed by atoms with Gasteiger partial charge in [0.2, 0.25) is 5.91 Å². The minimum atomic E-state index is -0.446. The predicted octanol–water partition coefficient (Wildman–Crippen LogP) is 3.77. The van der Waals surface area contributed by atoms with Crippen LogP contribution in [0.5, 0.6) is 0 Å². The molecule has 4 nitrogen and oxygen atoms in total. The largest absolute Gasteiger partial charge is 0.369 e. The summed E-state index contributed by atoms with van der Waals surface area (Å²) in [5.74, 6) is -0.885. The van der Waals surface area contributed by atoms with Crippen molar-refractivity contribution in [3.05, 3.63) is 59.1 Å². The summed E-state index contributed by atoms with van der Waals surface area (Å²) < 4.78 is 26.1. The lowest BCUT2D eigenvalue weighted by Gasteiger charge is -2.38. The summed E-state index contributed by atoms with van der Waals surface area (Å²) in [5, 5.41) is 2.92. The van der Waals surface area contributed by atoms with E-state index in [1.54, 1.807) is 12.1 Å². The molecule has 0 spiro atoms. The Kier molecular flexibility index (Phi) is 5.74. The maximum atomic E-state index is 13.1. The van der Waals surface area contributed by atoms with Crippen LogP contribution < -0.4 is 10.2 Å². The van der Waals surface area contributed by atoms with E-state index in [2.05, 4.69) is 15.1 Å². The lowest BCUT2D eigenvalue weighted by atomic mass is 10.2. The Labute approximate surface area is 156 Å². The van der Waals surface area contributed by atoms with Gasteiger partial charge in [-0.25, -0.2) is 8.78 Å². The van der Waals surface area contributed by atoms with Gasteiger partial charge in [0.05, 0.1) is 16.8 Å². The van der Waals surface area contributed by atoms with Gasteiger partial charge in [0.1, 0.15) is 11.6 Å². The van der Waals surface area contributed by atoms with Crippen molar-refractivity contribution in [2.75, 3.05) is 36.4 Å². The first-order valence-electron chi connectivity index (χ1n) is 8.44. The molecule has 1 heterocycles. The molecule has 7 heteroatoms. The highest BCUT2D eigenvalue weighted by molar-refractivity contribution is 6.33. The van der Waals surface area contributed by atoms with Gasteiger partial charge in [-0.15, -0.1) is 0 Å². The SMILES string of the molecule is C[C@@H](C(=O)Nc1ccc(F)cc1Cl)N1CCN(c2ccc(F)cc2)CC1. The first kappa shape index (κ1) is 18.6. The van der Waals surface area contributed by atoms with Crippen LogP contribution in [0.3, 0.4) is 0 Å². The second-order valence-electron chi connectivity index (χ2n) is 6.29. The highest BCUT2D eigenvalue weighted by Crippen LogP contribution is 2.23. The number of piperazine rings is 1. The fourth-order valence-corrected chi connectivity index (χ4v) is 3.23. The Morgan fingerprint density at radius 2 is 1.65 bits per heavy atom. The van der Waals surface area contributed by atoms with Crippen molar-refractivity contribution in [1.29, 1.82) is 0 Å². The summed E-state index contributed by atoms with van der Waals surface area (Å²) >= 11 is 5.96. The number of nitrogens with one attached hydrogen (secondary N) is 1. The summed E-state index contributed by atoms with van der Waals surface area (Å²) in [4.78, 5) is 16.7. The summed E-state index contributed by atoms with van der Waals surface area (Å²) in [6.07, 6.45) is 0. The molecule has 26 heavy (non-hydrogen) atoms. The zero-order chi connectivity index (χ0) is 18.7. The molecule has 0 radical (unpaired) electrons. The van der Waals surface area contributed by atoms with Crippen molar-refractivity contribution in [3.8, 4) is 0 Å². The van der Waals surface area contributed by atoms with Crippen LogP contribution in [0.4, 0.5) is 20.2 Å². The van der Waals surface area contributed by atoms with Gasteiger partial charge in [0.15, 0.2) is 0 Å². The van der Waals surface area contributed by atoms with Crippen molar-refractivity contribution in [1.82, 2.24) is 4.90 Å². The van der Waals surface area contributed by atoms with Crippen LogP contribution in [0.15, 0.2) is 42.5 Å². The Hall–Kier alpha value is -2.18. The molecule has 1 saturated heterocycles. The molecular formula is C19H20ClF2N3O. The van der Waals surface area contributed by atoms with Crippen LogP contribution in [0, 0.1) is 11.6 Å². The predicted molar refractivity (Wildman–Crippen MR) is 99.7 cm³/mol. The number of carbonyl (C=O) groups excluding carboxylic acids is 1. The Morgan fingerprint density at radius 3 is 2.27 bits per heavy atom. The van der Waals surface area contributed by atoms with Crippen LogP contribution in [0.2, 0.25) is 5.02 Å². The average molecular weight is 380 g/mol. The zero-order valence-electron chi connectivity index (χ0n) is 14.4. The van der Waals surface area contributed by atoms with Gasteiger partial charge in [-0.1, -0.05) is 11.6 Å². The maximum absolute atomic E-state index is 13.1. The lowest BCUT2D eigenvalue weighted by molar-refractivity contribution is -0.120. The second-order valence-corrected chi connectivity index (χ2v) is 6.70. The molecular weight excluding hydrogens is 360 g/mol. The van der Waals surface area contributed by atoms with Crippen molar-refractivity contribution in [3.63, 3.8) is 0 Å². The molecule has 1 aliphatic rings. The highest BCUT2D eigenvalue weighted by atomic mass is 35.5. The third-order valence-electron chi connectivity index (χ3n) is 4.62.